The fourth-order valence-electron chi connectivity index (χ4n) is 1.97. The van der Waals surface area contributed by atoms with Gasteiger partial charge in [0.2, 0.25) is 0 Å². The fourth-order valence-corrected chi connectivity index (χ4v) is 3.00. The summed E-state index contributed by atoms with van der Waals surface area (Å²) in [5.74, 6) is -0.622. The van der Waals surface area contributed by atoms with Crippen molar-refractivity contribution in [3.8, 4) is 0 Å². The van der Waals surface area contributed by atoms with E-state index in [2.05, 4.69) is 21.0 Å². The lowest BCUT2D eigenvalue weighted by molar-refractivity contribution is 0.0990. The molecule has 3 nitrogen and oxygen atoms in total. The van der Waals surface area contributed by atoms with Gasteiger partial charge in [0.25, 0.3) is 0 Å². The van der Waals surface area contributed by atoms with Gasteiger partial charge in [0, 0.05) is 12.6 Å². The number of carbonyl (C=O) groups excluding carboxylic acids is 1. The summed E-state index contributed by atoms with van der Waals surface area (Å²) in [4.78, 5) is 12.3. The number of benzene rings is 1. The molecule has 0 aliphatic heterocycles. The highest BCUT2D eigenvalue weighted by atomic mass is 79.9. The average Bonchev–Trinajstić information content (AvgIpc) is 2.66. The Morgan fingerprint density at radius 3 is 2.75 bits per heavy atom. The number of aryl methyl sites for hydroxylation is 2. The third kappa shape index (κ3) is 2.94. The van der Waals surface area contributed by atoms with Gasteiger partial charge in [0.05, 0.1) is 27.3 Å². The third-order valence-electron chi connectivity index (χ3n) is 3.06. The second-order valence-electron chi connectivity index (χ2n) is 4.41. The Labute approximate surface area is 129 Å². The zero-order chi connectivity index (χ0) is 14.9. The summed E-state index contributed by atoms with van der Waals surface area (Å²) < 4.78 is 15.5. The summed E-state index contributed by atoms with van der Waals surface area (Å²) in [6.07, 6.45) is 0.940. The van der Waals surface area contributed by atoms with Gasteiger partial charge in [-0.25, -0.2) is 4.39 Å². The van der Waals surface area contributed by atoms with E-state index in [-0.39, 0.29) is 17.2 Å². The molecule has 0 aliphatic rings. The lowest BCUT2D eigenvalue weighted by Crippen LogP contribution is -2.09. The number of halogens is 3. The van der Waals surface area contributed by atoms with Gasteiger partial charge in [-0.15, -0.1) is 0 Å². The molecule has 0 N–H and O–H groups in total. The smallest absolute Gasteiger partial charge is 0.170 e. The summed E-state index contributed by atoms with van der Waals surface area (Å²) in [6.45, 7) is 2.00. The van der Waals surface area contributed by atoms with Crippen LogP contribution < -0.4 is 0 Å². The monoisotopic (exact) mass is 358 g/mol. The van der Waals surface area contributed by atoms with E-state index < -0.39 is 5.82 Å². The van der Waals surface area contributed by atoms with Crippen LogP contribution in [0.4, 0.5) is 4.39 Å². The maximum Gasteiger partial charge on any atom is 0.170 e. The van der Waals surface area contributed by atoms with Crippen LogP contribution in [0.2, 0.25) is 5.02 Å². The number of nitrogens with zero attached hydrogens (tertiary/aromatic N) is 2. The number of carbonyl (C=O) groups is 1. The molecule has 0 fully saturated rings. The molecule has 0 amide bonds. The van der Waals surface area contributed by atoms with E-state index in [0.717, 1.165) is 28.3 Å². The van der Waals surface area contributed by atoms with Crippen LogP contribution in [0.1, 0.15) is 28.7 Å². The molecule has 0 saturated carbocycles. The number of hydrogen-bond acceptors (Lipinski definition) is 2. The first kappa shape index (κ1) is 15.2. The van der Waals surface area contributed by atoms with Crippen LogP contribution in [0.15, 0.2) is 22.7 Å². The van der Waals surface area contributed by atoms with E-state index in [1.807, 2.05) is 6.92 Å². The molecule has 6 heteroatoms. The van der Waals surface area contributed by atoms with Gasteiger partial charge >= 0.3 is 0 Å². The second-order valence-corrected chi connectivity index (χ2v) is 5.61. The van der Waals surface area contributed by atoms with E-state index in [1.54, 1.807) is 11.7 Å². The highest BCUT2D eigenvalue weighted by Crippen LogP contribution is 2.25. The molecule has 0 unspecified atom stereocenters. The first-order chi connectivity index (χ1) is 9.43. The summed E-state index contributed by atoms with van der Waals surface area (Å²) in [5.41, 5.74) is 2.01. The number of Topliss-reactive ketones (excluding diaryl/α,β-unsaturated/α-hetero) is 1. The van der Waals surface area contributed by atoms with Gasteiger partial charge in [0.1, 0.15) is 5.82 Å². The van der Waals surface area contributed by atoms with E-state index in [1.165, 1.54) is 12.1 Å². The zero-order valence-corrected chi connectivity index (χ0v) is 13.4. The predicted octanol–water partition coefficient (Wildman–Crippen LogP) is 3.96. The number of aromatic nitrogens is 2. The van der Waals surface area contributed by atoms with Crippen LogP contribution in [-0.4, -0.2) is 15.6 Å². The van der Waals surface area contributed by atoms with Crippen molar-refractivity contribution < 1.29 is 9.18 Å². The van der Waals surface area contributed by atoms with Crippen molar-refractivity contribution in [2.75, 3.05) is 0 Å². The Morgan fingerprint density at radius 2 is 2.20 bits per heavy atom. The van der Waals surface area contributed by atoms with Gasteiger partial charge in [-0.3, -0.25) is 9.48 Å². The Bertz CT molecular complexity index is 669. The molecule has 1 aromatic heterocycles. The van der Waals surface area contributed by atoms with Crippen LogP contribution in [-0.2, 0) is 19.9 Å². The zero-order valence-electron chi connectivity index (χ0n) is 11.1. The van der Waals surface area contributed by atoms with Gasteiger partial charge in [0.15, 0.2) is 5.78 Å². The molecule has 1 aromatic carbocycles. The van der Waals surface area contributed by atoms with Crippen molar-refractivity contribution >= 4 is 33.3 Å². The normalized spacial score (nSPS) is 10.8. The molecular formula is C14H13BrClFN2O. The Balaban J connectivity index is 2.30. The molecule has 0 bridgehead atoms. The van der Waals surface area contributed by atoms with Crippen molar-refractivity contribution in [1.29, 1.82) is 0 Å². The lowest BCUT2D eigenvalue weighted by atomic mass is 10.1. The minimum Gasteiger partial charge on any atom is -0.294 e. The molecule has 0 radical (unpaired) electrons. The summed E-state index contributed by atoms with van der Waals surface area (Å²) in [5, 5.41) is 4.47. The Kier molecular flexibility index (Phi) is 4.60. The maximum atomic E-state index is 13.0. The molecule has 2 rings (SSSR count). The van der Waals surface area contributed by atoms with Crippen LogP contribution in [0.5, 0.6) is 0 Å². The van der Waals surface area contributed by atoms with Crippen LogP contribution in [0, 0.1) is 5.82 Å². The third-order valence-corrected chi connectivity index (χ3v) is 4.29. The van der Waals surface area contributed by atoms with Crippen molar-refractivity contribution in [1.82, 2.24) is 9.78 Å². The molecule has 1 heterocycles. The van der Waals surface area contributed by atoms with E-state index in [4.69, 9.17) is 11.6 Å². The van der Waals surface area contributed by atoms with Crippen molar-refractivity contribution in [2.24, 2.45) is 7.05 Å². The van der Waals surface area contributed by atoms with Gasteiger partial charge in [-0.2, -0.15) is 5.10 Å². The fraction of sp³-hybridized carbons (Fsp3) is 0.286. The van der Waals surface area contributed by atoms with Crippen molar-refractivity contribution in [2.45, 2.75) is 19.8 Å². The van der Waals surface area contributed by atoms with E-state index in [9.17, 15) is 9.18 Å². The molecule has 106 valence electrons. The van der Waals surface area contributed by atoms with Crippen LogP contribution in [0.3, 0.4) is 0 Å². The number of hydrogen-bond donors (Lipinski definition) is 0. The molecular weight excluding hydrogens is 347 g/mol. The first-order valence-corrected chi connectivity index (χ1v) is 7.29. The summed E-state index contributed by atoms with van der Waals surface area (Å²) >= 11 is 9.37. The van der Waals surface area contributed by atoms with Gasteiger partial charge < -0.3 is 0 Å². The molecule has 0 aliphatic carbocycles. The van der Waals surface area contributed by atoms with E-state index >= 15 is 0 Å². The van der Waals surface area contributed by atoms with Crippen molar-refractivity contribution in [3.05, 3.63) is 50.5 Å². The summed E-state index contributed by atoms with van der Waals surface area (Å²) in [6, 6.07) is 3.78. The maximum absolute atomic E-state index is 13.0. The topological polar surface area (TPSA) is 34.9 Å². The van der Waals surface area contributed by atoms with Gasteiger partial charge in [-0.1, -0.05) is 18.5 Å². The second kappa shape index (κ2) is 6.06. The van der Waals surface area contributed by atoms with Gasteiger partial charge in [-0.05, 0) is 40.5 Å². The van der Waals surface area contributed by atoms with Crippen LogP contribution >= 0.6 is 27.5 Å². The van der Waals surface area contributed by atoms with E-state index in [0.29, 0.717) is 5.56 Å². The minimum atomic E-state index is -0.457. The van der Waals surface area contributed by atoms with Crippen molar-refractivity contribution in [3.63, 3.8) is 0 Å². The SMILES string of the molecule is CCc1nn(C)c(CC(=O)c2ccc(F)cc2Cl)c1Br. The Hall–Kier alpha value is -1.20. The summed E-state index contributed by atoms with van der Waals surface area (Å²) in [7, 11) is 1.79. The highest BCUT2D eigenvalue weighted by molar-refractivity contribution is 9.10. The minimum absolute atomic E-state index is 0.129. The highest BCUT2D eigenvalue weighted by Gasteiger charge is 2.18. The molecule has 0 saturated heterocycles. The quantitative estimate of drug-likeness (QED) is 0.774. The number of ketones is 1. The lowest BCUT2D eigenvalue weighted by Gasteiger charge is -2.05. The number of rotatable bonds is 4. The predicted molar refractivity (Wildman–Crippen MR) is 79.7 cm³/mol. The standard InChI is InChI=1S/C14H13BrClFN2O/c1-3-11-14(15)12(19(2)18-11)7-13(20)9-5-4-8(17)6-10(9)16/h4-6H,3,7H2,1-2H3. The first-order valence-electron chi connectivity index (χ1n) is 6.12. The Morgan fingerprint density at radius 1 is 1.50 bits per heavy atom. The average molecular weight is 360 g/mol. The molecule has 0 atom stereocenters. The molecule has 2 aromatic rings. The van der Waals surface area contributed by atoms with Crippen LogP contribution in [0.25, 0.3) is 0 Å². The molecule has 20 heavy (non-hydrogen) atoms. The largest absolute Gasteiger partial charge is 0.294 e. The molecule has 0 spiro atoms.